The van der Waals surface area contributed by atoms with Crippen molar-refractivity contribution < 1.29 is 14.3 Å². The van der Waals surface area contributed by atoms with Gasteiger partial charge in [-0.05, 0) is 18.4 Å². The second kappa shape index (κ2) is 5.76. The van der Waals surface area contributed by atoms with E-state index in [-0.39, 0.29) is 17.7 Å². The molecule has 1 N–H and O–H groups in total. The lowest BCUT2D eigenvalue weighted by Crippen LogP contribution is -2.41. The lowest BCUT2D eigenvalue weighted by atomic mass is 9.78. The van der Waals surface area contributed by atoms with Gasteiger partial charge in [-0.25, -0.2) is 0 Å². The quantitative estimate of drug-likeness (QED) is 0.901. The molecule has 6 nitrogen and oxygen atoms in total. The molecule has 0 bridgehead atoms. The molecule has 0 radical (unpaired) electrons. The topological polar surface area (TPSA) is 65.6 Å². The maximum atomic E-state index is 12.8. The van der Waals surface area contributed by atoms with Crippen LogP contribution in [0.1, 0.15) is 23.7 Å². The normalized spacial score (nSPS) is 28.1. The summed E-state index contributed by atoms with van der Waals surface area (Å²) < 4.78 is 5.08. The van der Waals surface area contributed by atoms with Gasteiger partial charge in [0.2, 0.25) is 5.91 Å². The van der Waals surface area contributed by atoms with E-state index in [2.05, 4.69) is 11.9 Å². The van der Waals surface area contributed by atoms with Crippen LogP contribution in [0.2, 0.25) is 0 Å². The number of H-pyrrole nitrogens is 1. The standard InChI is InChI=1S/C16H23N3O3/c1-12-10-19(14(20)13-3-5-17-9-13)11-16(12)4-6-18(15(16)21)7-8-22-2/h3,5,9,12,17H,4,6-8,10-11H2,1-2H3/t12-,16-/m1/s1. The number of aromatic amines is 1. The molecule has 1 aromatic rings. The predicted octanol–water partition coefficient (Wildman–Crippen LogP) is 0.972. The summed E-state index contributed by atoms with van der Waals surface area (Å²) in [5.41, 5.74) is 0.255. The fourth-order valence-corrected chi connectivity index (χ4v) is 3.74. The molecular formula is C16H23N3O3. The van der Waals surface area contributed by atoms with Crippen molar-refractivity contribution in [1.29, 1.82) is 0 Å². The SMILES string of the molecule is COCCN1CC[C@]2(CN(C(=O)c3cc[nH]c3)C[C@H]2C)C1=O. The van der Waals surface area contributed by atoms with Gasteiger partial charge in [0.1, 0.15) is 0 Å². The Morgan fingerprint density at radius 2 is 2.36 bits per heavy atom. The number of carbonyl (C=O) groups is 2. The number of ether oxygens (including phenoxy) is 1. The second-order valence-electron chi connectivity index (χ2n) is 6.38. The molecule has 2 aliphatic rings. The molecule has 2 aliphatic heterocycles. The number of hydrogen-bond donors (Lipinski definition) is 1. The third-order valence-electron chi connectivity index (χ3n) is 5.15. The molecule has 0 aromatic carbocycles. The zero-order valence-electron chi connectivity index (χ0n) is 13.2. The Labute approximate surface area is 130 Å². The summed E-state index contributed by atoms with van der Waals surface area (Å²) in [6, 6.07) is 1.78. The minimum Gasteiger partial charge on any atom is -0.383 e. The molecule has 2 amide bonds. The van der Waals surface area contributed by atoms with Crippen LogP contribution in [0.5, 0.6) is 0 Å². The Hall–Kier alpha value is -1.82. The fourth-order valence-electron chi connectivity index (χ4n) is 3.74. The number of methoxy groups -OCH3 is 1. The van der Waals surface area contributed by atoms with Crippen molar-refractivity contribution in [3.05, 3.63) is 24.0 Å². The fraction of sp³-hybridized carbons (Fsp3) is 0.625. The van der Waals surface area contributed by atoms with Gasteiger partial charge in [0.05, 0.1) is 17.6 Å². The zero-order valence-corrected chi connectivity index (χ0v) is 13.2. The summed E-state index contributed by atoms with van der Waals surface area (Å²) in [6.45, 7) is 5.22. The maximum absolute atomic E-state index is 12.8. The highest BCUT2D eigenvalue weighted by molar-refractivity contribution is 5.95. The third kappa shape index (κ3) is 2.31. The molecular weight excluding hydrogens is 282 g/mol. The number of likely N-dealkylation sites (tertiary alicyclic amines) is 2. The molecule has 1 spiro atoms. The number of aromatic nitrogens is 1. The van der Waals surface area contributed by atoms with Crippen LogP contribution in [0.3, 0.4) is 0 Å². The molecule has 120 valence electrons. The Balaban J connectivity index is 1.73. The number of nitrogens with zero attached hydrogens (tertiary/aromatic N) is 2. The first kappa shape index (κ1) is 15.1. The van der Waals surface area contributed by atoms with Crippen LogP contribution in [0.4, 0.5) is 0 Å². The van der Waals surface area contributed by atoms with Gasteiger partial charge in [-0.2, -0.15) is 0 Å². The van der Waals surface area contributed by atoms with Crippen molar-refractivity contribution in [2.24, 2.45) is 11.3 Å². The molecule has 0 saturated carbocycles. The van der Waals surface area contributed by atoms with Gasteiger partial charge in [0.25, 0.3) is 5.91 Å². The molecule has 6 heteroatoms. The first-order valence-electron chi connectivity index (χ1n) is 7.79. The highest BCUT2D eigenvalue weighted by Gasteiger charge is 2.55. The molecule has 22 heavy (non-hydrogen) atoms. The number of amides is 2. The van der Waals surface area contributed by atoms with E-state index in [9.17, 15) is 9.59 Å². The molecule has 3 rings (SSSR count). The summed E-state index contributed by atoms with van der Waals surface area (Å²) in [5, 5.41) is 0. The lowest BCUT2D eigenvalue weighted by Gasteiger charge is -2.26. The summed E-state index contributed by atoms with van der Waals surface area (Å²) in [7, 11) is 1.64. The van der Waals surface area contributed by atoms with Crippen LogP contribution in [0, 0.1) is 11.3 Å². The predicted molar refractivity (Wildman–Crippen MR) is 81.4 cm³/mol. The Morgan fingerprint density at radius 1 is 1.55 bits per heavy atom. The van der Waals surface area contributed by atoms with E-state index < -0.39 is 5.41 Å². The average molecular weight is 305 g/mol. The largest absolute Gasteiger partial charge is 0.383 e. The first-order chi connectivity index (χ1) is 10.6. The molecule has 2 fully saturated rings. The van der Waals surface area contributed by atoms with Gasteiger partial charge >= 0.3 is 0 Å². The number of nitrogens with one attached hydrogen (secondary N) is 1. The minimum atomic E-state index is -0.403. The zero-order chi connectivity index (χ0) is 15.7. The summed E-state index contributed by atoms with van der Waals surface area (Å²) in [6.07, 6.45) is 4.28. The van der Waals surface area contributed by atoms with Crippen LogP contribution in [0.15, 0.2) is 18.5 Å². The van der Waals surface area contributed by atoms with E-state index in [1.165, 1.54) is 0 Å². The molecule has 0 aliphatic carbocycles. The van der Waals surface area contributed by atoms with Gasteiger partial charge in [0, 0.05) is 45.7 Å². The summed E-state index contributed by atoms with van der Waals surface area (Å²) in [5.74, 6) is 0.380. The van der Waals surface area contributed by atoms with E-state index >= 15 is 0 Å². The molecule has 2 atom stereocenters. The van der Waals surface area contributed by atoms with Crippen molar-refractivity contribution in [2.75, 3.05) is 39.9 Å². The minimum absolute atomic E-state index is 0.00752. The second-order valence-corrected chi connectivity index (χ2v) is 6.38. The van der Waals surface area contributed by atoms with E-state index in [1.54, 1.807) is 25.6 Å². The number of rotatable bonds is 4. The number of carbonyl (C=O) groups excluding carboxylic acids is 2. The van der Waals surface area contributed by atoms with Crippen LogP contribution >= 0.6 is 0 Å². The van der Waals surface area contributed by atoms with Gasteiger partial charge in [-0.1, -0.05) is 6.92 Å². The van der Waals surface area contributed by atoms with Crippen molar-refractivity contribution >= 4 is 11.8 Å². The Kier molecular flexibility index (Phi) is 3.95. The van der Waals surface area contributed by atoms with E-state index in [0.717, 1.165) is 13.0 Å². The van der Waals surface area contributed by atoms with Gasteiger partial charge in [-0.15, -0.1) is 0 Å². The van der Waals surface area contributed by atoms with E-state index in [4.69, 9.17) is 4.74 Å². The Morgan fingerprint density at radius 3 is 3.05 bits per heavy atom. The molecule has 0 unspecified atom stereocenters. The maximum Gasteiger partial charge on any atom is 0.255 e. The van der Waals surface area contributed by atoms with Crippen molar-refractivity contribution in [3.63, 3.8) is 0 Å². The first-order valence-corrected chi connectivity index (χ1v) is 7.79. The van der Waals surface area contributed by atoms with Gasteiger partial charge < -0.3 is 19.5 Å². The molecule has 2 saturated heterocycles. The van der Waals surface area contributed by atoms with Gasteiger partial charge in [-0.3, -0.25) is 9.59 Å². The lowest BCUT2D eigenvalue weighted by molar-refractivity contribution is -0.137. The smallest absolute Gasteiger partial charge is 0.255 e. The van der Waals surface area contributed by atoms with E-state index in [0.29, 0.717) is 31.8 Å². The van der Waals surface area contributed by atoms with Crippen molar-refractivity contribution in [1.82, 2.24) is 14.8 Å². The number of hydrogen-bond acceptors (Lipinski definition) is 3. The van der Waals surface area contributed by atoms with Crippen molar-refractivity contribution in [3.8, 4) is 0 Å². The van der Waals surface area contributed by atoms with Crippen LogP contribution in [0.25, 0.3) is 0 Å². The highest BCUT2D eigenvalue weighted by Crippen LogP contribution is 2.44. The van der Waals surface area contributed by atoms with Crippen LogP contribution in [-0.4, -0.2) is 66.5 Å². The monoisotopic (exact) mass is 305 g/mol. The van der Waals surface area contributed by atoms with Crippen LogP contribution < -0.4 is 0 Å². The average Bonchev–Trinajstić information content (AvgIpc) is 3.21. The highest BCUT2D eigenvalue weighted by atomic mass is 16.5. The Bertz CT molecular complexity index is 557. The van der Waals surface area contributed by atoms with Gasteiger partial charge in [0.15, 0.2) is 0 Å². The summed E-state index contributed by atoms with van der Waals surface area (Å²) >= 11 is 0. The molecule has 1 aromatic heterocycles. The molecule has 3 heterocycles. The summed E-state index contributed by atoms with van der Waals surface area (Å²) in [4.78, 5) is 32.0. The van der Waals surface area contributed by atoms with Crippen LogP contribution in [-0.2, 0) is 9.53 Å². The van der Waals surface area contributed by atoms with E-state index in [1.807, 2.05) is 9.80 Å². The third-order valence-corrected chi connectivity index (χ3v) is 5.15. The van der Waals surface area contributed by atoms with Crippen molar-refractivity contribution in [2.45, 2.75) is 13.3 Å².